The molecule has 0 radical (unpaired) electrons. The van der Waals surface area contributed by atoms with Crippen molar-refractivity contribution in [3.8, 4) is 0 Å². The van der Waals surface area contributed by atoms with Crippen molar-refractivity contribution in [2.45, 2.75) is 33.2 Å². The standard InChI is InChI=1S/C17H13ClF3N3O2.C3H6O.C2H6/c18-12-5-13(19)17(22-6-12)24-9-14(25)23(8-15(24)26)7-10-1-3-11(4-2-10)16(20)21;1-2-4-3-1;1-2/h1-6,16H,7-9H2;1-3H2;1-2H3. The molecule has 0 unspecified atom stereocenters. The van der Waals surface area contributed by atoms with Gasteiger partial charge in [0.05, 0.1) is 5.02 Å². The Balaban J connectivity index is 0.000000533. The molecular formula is C22H25ClF3N3O3. The normalized spacial score (nSPS) is 15.5. The molecule has 0 aliphatic carbocycles. The summed E-state index contributed by atoms with van der Waals surface area (Å²) in [7, 11) is 0. The molecule has 6 nitrogen and oxygen atoms in total. The predicted octanol–water partition coefficient (Wildman–Crippen LogP) is 4.62. The molecule has 2 amide bonds. The minimum Gasteiger partial charge on any atom is -0.381 e. The van der Waals surface area contributed by atoms with E-state index < -0.39 is 24.1 Å². The van der Waals surface area contributed by atoms with Gasteiger partial charge in [-0.15, -0.1) is 0 Å². The summed E-state index contributed by atoms with van der Waals surface area (Å²) in [5, 5.41) is 0.0795. The number of ether oxygens (including phenoxy) is 1. The molecule has 2 fully saturated rings. The summed E-state index contributed by atoms with van der Waals surface area (Å²) >= 11 is 5.64. The second kappa shape index (κ2) is 12.4. The molecule has 1 aromatic heterocycles. The average Bonchev–Trinajstić information content (AvgIpc) is 2.71. The lowest BCUT2D eigenvalue weighted by Gasteiger charge is -2.33. The maximum Gasteiger partial charge on any atom is 0.263 e. The van der Waals surface area contributed by atoms with Crippen LogP contribution in [0, 0.1) is 5.82 Å². The zero-order valence-corrected chi connectivity index (χ0v) is 18.6. The number of carbonyl (C=O) groups is 2. The van der Waals surface area contributed by atoms with Crippen LogP contribution in [0.3, 0.4) is 0 Å². The van der Waals surface area contributed by atoms with E-state index in [1.54, 1.807) is 0 Å². The number of amides is 2. The number of piperazine rings is 1. The van der Waals surface area contributed by atoms with E-state index in [-0.39, 0.29) is 36.0 Å². The predicted molar refractivity (Wildman–Crippen MR) is 115 cm³/mol. The maximum atomic E-state index is 14.0. The molecule has 2 aromatic rings. The Morgan fingerprint density at radius 1 is 1.09 bits per heavy atom. The van der Waals surface area contributed by atoms with Crippen LogP contribution in [0.5, 0.6) is 0 Å². The molecule has 0 N–H and O–H groups in total. The van der Waals surface area contributed by atoms with E-state index in [9.17, 15) is 22.8 Å². The van der Waals surface area contributed by atoms with E-state index in [0.29, 0.717) is 5.56 Å². The first-order valence-corrected chi connectivity index (χ1v) is 10.6. The average molecular weight is 472 g/mol. The Kier molecular flexibility index (Phi) is 9.93. The third-order valence-corrected chi connectivity index (χ3v) is 4.71. The van der Waals surface area contributed by atoms with Crippen LogP contribution in [-0.4, -0.2) is 48.0 Å². The molecular weight excluding hydrogens is 447 g/mol. The number of carbonyl (C=O) groups excluding carboxylic acids is 2. The Morgan fingerprint density at radius 3 is 2.19 bits per heavy atom. The lowest BCUT2D eigenvalue weighted by atomic mass is 10.1. The summed E-state index contributed by atoms with van der Waals surface area (Å²) in [4.78, 5) is 30.7. The largest absolute Gasteiger partial charge is 0.381 e. The number of halogens is 4. The van der Waals surface area contributed by atoms with Crippen molar-refractivity contribution in [2.24, 2.45) is 0 Å². The van der Waals surface area contributed by atoms with Gasteiger partial charge in [0.2, 0.25) is 11.8 Å². The van der Waals surface area contributed by atoms with Crippen LogP contribution in [0.25, 0.3) is 0 Å². The van der Waals surface area contributed by atoms with Gasteiger partial charge in [-0.1, -0.05) is 49.7 Å². The lowest BCUT2D eigenvalue weighted by molar-refractivity contribution is -0.138. The Labute approximate surface area is 189 Å². The summed E-state index contributed by atoms with van der Waals surface area (Å²) in [5.41, 5.74) is 0.491. The highest BCUT2D eigenvalue weighted by molar-refractivity contribution is 6.30. The van der Waals surface area contributed by atoms with Crippen LogP contribution < -0.4 is 4.90 Å². The van der Waals surface area contributed by atoms with E-state index in [1.165, 1.54) is 41.8 Å². The number of benzene rings is 1. The fourth-order valence-electron chi connectivity index (χ4n) is 2.74. The second-order valence-corrected chi connectivity index (χ2v) is 7.13. The minimum absolute atomic E-state index is 0.0795. The zero-order chi connectivity index (χ0) is 23.7. The fraction of sp³-hybridized carbons (Fsp3) is 0.409. The second-order valence-electron chi connectivity index (χ2n) is 6.70. The number of rotatable bonds is 4. The highest BCUT2D eigenvalue weighted by Crippen LogP contribution is 2.23. The lowest BCUT2D eigenvalue weighted by Crippen LogP contribution is -2.54. The van der Waals surface area contributed by atoms with Crippen molar-refractivity contribution >= 4 is 29.2 Å². The van der Waals surface area contributed by atoms with Gasteiger partial charge in [0.25, 0.3) is 6.43 Å². The van der Waals surface area contributed by atoms with Gasteiger partial charge < -0.3 is 9.64 Å². The molecule has 0 spiro atoms. The highest BCUT2D eigenvalue weighted by Gasteiger charge is 2.33. The van der Waals surface area contributed by atoms with Crippen molar-refractivity contribution in [3.05, 3.63) is 58.5 Å². The first kappa shape index (κ1) is 25.6. The van der Waals surface area contributed by atoms with Crippen LogP contribution in [0.4, 0.5) is 19.0 Å². The number of aromatic nitrogens is 1. The van der Waals surface area contributed by atoms with Crippen molar-refractivity contribution in [1.82, 2.24) is 9.88 Å². The summed E-state index contributed by atoms with van der Waals surface area (Å²) < 4.78 is 43.8. The van der Waals surface area contributed by atoms with E-state index in [0.717, 1.165) is 24.2 Å². The Hall–Kier alpha value is -2.65. The van der Waals surface area contributed by atoms with E-state index in [2.05, 4.69) is 4.98 Å². The van der Waals surface area contributed by atoms with Crippen molar-refractivity contribution < 1.29 is 27.5 Å². The van der Waals surface area contributed by atoms with E-state index in [1.807, 2.05) is 13.8 Å². The minimum atomic E-state index is -2.57. The van der Waals surface area contributed by atoms with Crippen LogP contribution in [0.15, 0.2) is 36.5 Å². The topological polar surface area (TPSA) is 62.7 Å². The van der Waals surface area contributed by atoms with Gasteiger partial charge in [-0.3, -0.25) is 14.5 Å². The molecule has 0 bridgehead atoms. The van der Waals surface area contributed by atoms with E-state index in [4.69, 9.17) is 16.3 Å². The molecule has 174 valence electrons. The summed E-state index contributed by atoms with van der Waals surface area (Å²) in [6.45, 7) is 5.47. The van der Waals surface area contributed by atoms with Gasteiger partial charge in [0.1, 0.15) is 13.1 Å². The molecule has 1 aromatic carbocycles. The first-order chi connectivity index (χ1) is 15.3. The van der Waals surface area contributed by atoms with Gasteiger partial charge >= 0.3 is 0 Å². The van der Waals surface area contributed by atoms with Crippen molar-refractivity contribution in [1.29, 1.82) is 0 Å². The van der Waals surface area contributed by atoms with Gasteiger partial charge in [-0.2, -0.15) is 0 Å². The number of anilines is 1. The Morgan fingerprint density at radius 2 is 1.69 bits per heavy atom. The molecule has 3 heterocycles. The van der Waals surface area contributed by atoms with Gasteiger partial charge in [-0.05, 0) is 18.1 Å². The summed E-state index contributed by atoms with van der Waals surface area (Å²) in [6.07, 6.45) is -0.105. The van der Waals surface area contributed by atoms with Crippen LogP contribution >= 0.6 is 11.6 Å². The van der Waals surface area contributed by atoms with Gasteiger partial charge in [0, 0.05) is 31.5 Å². The number of alkyl halides is 2. The number of hydrogen-bond donors (Lipinski definition) is 0. The number of nitrogens with zero attached hydrogens (tertiary/aromatic N) is 3. The van der Waals surface area contributed by atoms with Gasteiger partial charge in [-0.25, -0.2) is 18.2 Å². The van der Waals surface area contributed by atoms with Gasteiger partial charge in [0.15, 0.2) is 11.6 Å². The van der Waals surface area contributed by atoms with E-state index >= 15 is 0 Å². The molecule has 2 aliphatic rings. The van der Waals surface area contributed by atoms with Crippen molar-refractivity contribution in [3.63, 3.8) is 0 Å². The third-order valence-electron chi connectivity index (χ3n) is 4.50. The quantitative estimate of drug-likeness (QED) is 0.652. The van der Waals surface area contributed by atoms with Crippen LogP contribution in [0.2, 0.25) is 5.02 Å². The molecule has 2 saturated heterocycles. The molecule has 2 aliphatic heterocycles. The van der Waals surface area contributed by atoms with Crippen molar-refractivity contribution in [2.75, 3.05) is 31.2 Å². The monoisotopic (exact) mass is 471 g/mol. The van der Waals surface area contributed by atoms with Crippen LogP contribution in [0.1, 0.15) is 37.8 Å². The summed E-state index contributed by atoms with van der Waals surface area (Å²) in [6, 6.07) is 6.52. The highest BCUT2D eigenvalue weighted by atomic mass is 35.5. The SMILES string of the molecule is C1COC1.CC.O=C1CN(c2ncc(Cl)cc2F)C(=O)CN1Cc1ccc(C(F)F)cc1. The Bertz CT molecular complexity index is 905. The molecule has 0 atom stereocenters. The molecule has 0 saturated carbocycles. The smallest absolute Gasteiger partial charge is 0.263 e. The molecule has 4 rings (SSSR count). The third kappa shape index (κ3) is 6.93. The maximum absolute atomic E-state index is 14.0. The zero-order valence-electron chi connectivity index (χ0n) is 17.9. The summed E-state index contributed by atoms with van der Waals surface area (Å²) in [5.74, 6) is -1.95. The number of pyridine rings is 1. The number of hydrogen-bond acceptors (Lipinski definition) is 4. The molecule has 10 heteroatoms. The molecule has 32 heavy (non-hydrogen) atoms. The van der Waals surface area contributed by atoms with Crippen LogP contribution in [-0.2, 0) is 20.9 Å². The fourth-order valence-corrected chi connectivity index (χ4v) is 2.88. The first-order valence-electron chi connectivity index (χ1n) is 10.2.